The van der Waals surface area contributed by atoms with E-state index in [1.54, 1.807) is 0 Å². The Morgan fingerprint density at radius 1 is 0.708 bits per heavy atom. The largest absolute Gasteiger partial charge is 0.501 e. The third kappa shape index (κ3) is 7.60. The van der Waals surface area contributed by atoms with Crippen LogP contribution in [0.4, 0.5) is 0 Å². The van der Waals surface area contributed by atoms with Gasteiger partial charge in [0.2, 0.25) is 0 Å². The van der Waals surface area contributed by atoms with E-state index in [0.29, 0.717) is 11.8 Å². The third-order valence-electron chi connectivity index (χ3n) is 8.64. The summed E-state index contributed by atoms with van der Waals surface area (Å²) in [5, 5.41) is 3.66. The van der Waals surface area contributed by atoms with Crippen LogP contribution in [0.25, 0.3) is 55.6 Å². The van der Waals surface area contributed by atoms with Crippen molar-refractivity contribution in [2.24, 2.45) is 0 Å². The van der Waals surface area contributed by atoms with Crippen LogP contribution >= 0.6 is 0 Å². The van der Waals surface area contributed by atoms with E-state index in [-0.39, 0.29) is 20.1 Å². The molecule has 0 spiro atoms. The first kappa shape index (κ1) is 35.2. The van der Waals surface area contributed by atoms with E-state index < -0.39 is 8.07 Å². The minimum Gasteiger partial charge on any atom is -0.501 e. The van der Waals surface area contributed by atoms with Crippen molar-refractivity contribution in [2.45, 2.75) is 59.2 Å². The van der Waals surface area contributed by atoms with Crippen LogP contribution in [0.3, 0.4) is 0 Å². The molecule has 0 amide bonds. The molecular formula is C43H42IrN2OSi-2. The van der Waals surface area contributed by atoms with Crippen molar-refractivity contribution in [3.8, 4) is 33.6 Å². The van der Waals surface area contributed by atoms with E-state index in [1.165, 1.54) is 16.3 Å². The number of benzene rings is 4. The first-order valence-electron chi connectivity index (χ1n) is 16.5. The number of pyridine rings is 2. The second-order valence-corrected chi connectivity index (χ2v) is 18.8. The molecule has 0 atom stereocenters. The van der Waals surface area contributed by atoms with Crippen molar-refractivity contribution >= 4 is 35.2 Å². The predicted octanol–water partition coefficient (Wildman–Crippen LogP) is 11.5. The smallest absolute Gasteiger partial charge is 0.121 e. The van der Waals surface area contributed by atoms with Crippen LogP contribution < -0.4 is 5.19 Å². The summed E-state index contributed by atoms with van der Waals surface area (Å²) in [5.74, 6) is 0.881. The Balaban J connectivity index is 0.000000224. The number of aromatic nitrogens is 2. The Morgan fingerprint density at radius 3 is 2.08 bits per heavy atom. The maximum atomic E-state index is 6.52. The van der Waals surface area contributed by atoms with Gasteiger partial charge in [0.15, 0.2) is 0 Å². The van der Waals surface area contributed by atoms with Crippen molar-refractivity contribution in [3.63, 3.8) is 0 Å². The van der Waals surface area contributed by atoms with E-state index in [2.05, 4.69) is 142 Å². The number of fused-ring (bicyclic) bond motifs is 3. The second kappa shape index (κ2) is 14.9. The molecule has 0 saturated carbocycles. The Hall–Kier alpha value is -4.15. The van der Waals surface area contributed by atoms with E-state index in [0.717, 1.165) is 55.6 Å². The monoisotopic (exact) mass is 823 g/mol. The Labute approximate surface area is 299 Å². The van der Waals surface area contributed by atoms with E-state index in [1.807, 2.05) is 42.7 Å². The molecule has 0 aliphatic rings. The van der Waals surface area contributed by atoms with Crippen molar-refractivity contribution in [3.05, 3.63) is 139 Å². The van der Waals surface area contributed by atoms with Gasteiger partial charge in [0.1, 0.15) is 5.58 Å². The standard InChI is InChI=1S/C29H26NO.C14H16NSi.Ir/c1-18(2)21-10-11-25-27(17-21)31-29-24(26-16-22(19(3)4)14-15-30-26)13-12-23(28(25)29)20-8-6-5-7-9-20;1-16(2,3)13-9-10-14(15-11-13)12-7-5-4-6-8-12;/h5-12,14-19H,1-4H3;4-7,9-11H,1-3H3;/q2*-1;. The van der Waals surface area contributed by atoms with E-state index in [9.17, 15) is 0 Å². The molecular weight excluding hydrogens is 781 g/mol. The quantitative estimate of drug-likeness (QED) is 0.124. The minimum atomic E-state index is -1.23. The fourth-order valence-corrected chi connectivity index (χ4v) is 6.76. The van der Waals surface area contributed by atoms with Gasteiger partial charge >= 0.3 is 0 Å². The molecule has 7 rings (SSSR count). The molecule has 3 nitrogen and oxygen atoms in total. The van der Waals surface area contributed by atoms with Crippen molar-refractivity contribution < 1.29 is 24.5 Å². The summed E-state index contributed by atoms with van der Waals surface area (Å²) in [6, 6.07) is 42.3. The van der Waals surface area contributed by atoms with E-state index >= 15 is 0 Å². The zero-order valence-electron chi connectivity index (χ0n) is 28.8. The first-order valence-corrected chi connectivity index (χ1v) is 20.0. The van der Waals surface area contributed by atoms with Crippen LogP contribution in [0.5, 0.6) is 0 Å². The molecule has 0 fully saturated rings. The molecule has 0 aliphatic heterocycles. The van der Waals surface area contributed by atoms with Gasteiger partial charge < -0.3 is 14.4 Å². The topological polar surface area (TPSA) is 38.9 Å². The molecule has 0 N–H and O–H groups in total. The normalized spacial score (nSPS) is 11.4. The van der Waals surface area contributed by atoms with Crippen LogP contribution in [-0.2, 0) is 20.1 Å². The average Bonchev–Trinajstić information content (AvgIpc) is 3.48. The number of hydrogen-bond acceptors (Lipinski definition) is 3. The number of rotatable bonds is 6. The minimum absolute atomic E-state index is 0. The zero-order chi connectivity index (χ0) is 33.1. The fourth-order valence-electron chi connectivity index (χ4n) is 5.73. The summed E-state index contributed by atoms with van der Waals surface area (Å²) in [5.41, 5.74) is 10.5. The van der Waals surface area contributed by atoms with Gasteiger partial charge in [-0.2, -0.15) is 0 Å². The first-order chi connectivity index (χ1) is 22.6. The predicted molar refractivity (Wildman–Crippen MR) is 201 cm³/mol. The fraction of sp³-hybridized carbons (Fsp3) is 0.209. The Morgan fingerprint density at radius 2 is 1.44 bits per heavy atom. The second-order valence-electron chi connectivity index (χ2n) is 13.7. The molecule has 0 bridgehead atoms. The summed E-state index contributed by atoms with van der Waals surface area (Å²) < 4.78 is 6.52. The summed E-state index contributed by atoms with van der Waals surface area (Å²) >= 11 is 0. The molecule has 0 aliphatic carbocycles. The molecule has 0 saturated heterocycles. The molecule has 3 heterocycles. The molecule has 7 aromatic rings. The van der Waals surface area contributed by atoms with Crippen LogP contribution in [0.1, 0.15) is 50.7 Å². The van der Waals surface area contributed by atoms with E-state index in [4.69, 9.17) is 4.42 Å². The van der Waals surface area contributed by atoms with Crippen molar-refractivity contribution in [1.82, 2.24) is 9.97 Å². The summed E-state index contributed by atoms with van der Waals surface area (Å²) in [4.78, 5) is 9.19. The zero-order valence-corrected chi connectivity index (χ0v) is 32.2. The Kier molecular flexibility index (Phi) is 10.9. The molecule has 3 aromatic heterocycles. The van der Waals surface area contributed by atoms with Crippen LogP contribution in [0.2, 0.25) is 19.6 Å². The molecule has 5 heteroatoms. The van der Waals surface area contributed by atoms with Gasteiger partial charge in [-0.25, -0.2) is 0 Å². The summed E-state index contributed by atoms with van der Waals surface area (Å²) in [6.45, 7) is 15.8. The third-order valence-corrected chi connectivity index (χ3v) is 10.7. The maximum absolute atomic E-state index is 6.52. The summed E-state index contributed by atoms with van der Waals surface area (Å²) in [7, 11) is -1.23. The number of nitrogens with zero attached hydrogens (tertiary/aromatic N) is 2. The van der Waals surface area contributed by atoms with Gasteiger partial charge in [0, 0.05) is 37.9 Å². The number of furan rings is 1. The van der Waals surface area contributed by atoms with Crippen molar-refractivity contribution in [2.75, 3.05) is 0 Å². The van der Waals surface area contributed by atoms with Gasteiger partial charge in [-0.05, 0) is 51.5 Å². The molecule has 245 valence electrons. The van der Waals surface area contributed by atoms with Crippen LogP contribution in [0, 0.1) is 12.1 Å². The molecule has 1 radical (unpaired) electrons. The molecule has 4 aromatic carbocycles. The van der Waals surface area contributed by atoms with Crippen LogP contribution in [0.15, 0.2) is 120 Å². The Bertz CT molecular complexity index is 2110. The molecule has 48 heavy (non-hydrogen) atoms. The van der Waals surface area contributed by atoms with Gasteiger partial charge in [-0.3, -0.25) is 0 Å². The maximum Gasteiger partial charge on any atom is 0.121 e. The SMILES string of the molecule is CC(C)c1ccnc(-c2[c-]cc(-c3ccccc3)c3c2oc2cc(C(C)C)ccc23)c1.C[Si](C)(C)c1ccc(-c2[c-]cccc2)nc1.[Ir]. The van der Waals surface area contributed by atoms with Gasteiger partial charge in [0.05, 0.1) is 13.7 Å². The van der Waals surface area contributed by atoms with Gasteiger partial charge in [-0.15, -0.1) is 48.0 Å². The van der Waals surface area contributed by atoms with Crippen molar-refractivity contribution in [1.29, 1.82) is 0 Å². The average molecular weight is 823 g/mol. The number of hydrogen-bond donors (Lipinski definition) is 0. The van der Waals surface area contributed by atoms with Gasteiger partial charge in [-0.1, -0.05) is 130 Å². The van der Waals surface area contributed by atoms with Gasteiger partial charge in [0.25, 0.3) is 0 Å². The van der Waals surface area contributed by atoms with Crippen LogP contribution in [-0.4, -0.2) is 18.0 Å². The summed E-state index contributed by atoms with van der Waals surface area (Å²) in [6.07, 6.45) is 3.90. The molecule has 0 unspecified atom stereocenters.